The molecule has 1 heterocycles. The Labute approximate surface area is 143 Å². The zero-order chi connectivity index (χ0) is 18.1. The molecule has 6 nitrogen and oxygen atoms in total. The predicted octanol–water partition coefficient (Wildman–Crippen LogP) is 3.18. The highest BCUT2D eigenvalue weighted by molar-refractivity contribution is 7.85. The number of carbonyl (C=O) groups excluding carboxylic acids is 1. The van der Waals surface area contributed by atoms with Crippen molar-refractivity contribution >= 4 is 16.2 Å². The lowest BCUT2D eigenvalue weighted by Crippen LogP contribution is -2.40. The minimum atomic E-state index is -4.23. The summed E-state index contributed by atoms with van der Waals surface area (Å²) in [7, 11) is -4.23. The molecule has 0 unspecified atom stereocenters. The maximum absolute atomic E-state index is 12.3. The Morgan fingerprint density at radius 3 is 2.62 bits per heavy atom. The van der Waals surface area contributed by atoms with E-state index in [1.54, 1.807) is 11.0 Å². The standard InChI is InChI=1S/C17H25NO5S/c1-12-7-8-15(24(20,21)22)11-13(12)10-14-6-5-9-18(14)16(19)23-17(2,3)4/h7-8,11,14H,5-6,9-10H2,1-4H3,(H,20,21,22)/t14-/m0/s1. The molecular formula is C17H25NO5S. The zero-order valence-electron chi connectivity index (χ0n) is 14.6. The van der Waals surface area contributed by atoms with Crippen LogP contribution in [-0.4, -0.2) is 42.2 Å². The number of benzene rings is 1. The first-order valence-electron chi connectivity index (χ1n) is 8.04. The van der Waals surface area contributed by atoms with E-state index in [-0.39, 0.29) is 17.0 Å². The average molecular weight is 355 g/mol. The molecule has 0 saturated carbocycles. The molecule has 1 aromatic rings. The molecule has 0 radical (unpaired) electrons. The summed E-state index contributed by atoms with van der Waals surface area (Å²) in [4.78, 5) is 13.9. The molecule has 1 atom stereocenters. The molecule has 1 fully saturated rings. The SMILES string of the molecule is Cc1ccc(S(=O)(=O)O)cc1C[C@@H]1CCCN1C(=O)OC(C)(C)C. The number of rotatable bonds is 3. The second-order valence-corrected chi connectivity index (χ2v) is 8.66. The molecular weight excluding hydrogens is 330 g/mol. The number of likely N-dealkylation sites (tertiary alicyclic amines) is 1. The minimum absolute atomic E-state index is 0.0322. The Hall–Kier alpha value is -1.60. The van der Waals surface area contributed by atoms with Gasteiger partial charge in [0.2, 0.25) is 0 Å². The van der Waals surface area contributed by atoms with Crippen molar-refractivity contribution in [2.24, 2.45) is 0 Å². The van der Waals surface area contributed by atoms with Crippen molar-refractivity contribution in [1.29, 1.82) is 0 Å². The van der Waals surface area contributed by atoms with Crippen molar-refractivity contribution in [2.45, 2.75) is 63.5 Å². The van der Waals surface area contributed by atoms with E-state index < -0.39 is 15.7 Å². The van der Waals surface area contributed by atoms with Gasteiger partial charge >= 0.3 is 6.09 Å². The lowest BCUT2D eigenvalue weighted by molar-refractivity contribution is 0.0226. The summed E-state index contributed by atoms with van der Waals surface area (Å²) in [6.45, 7) is 8.01. The largest absolute Gasteiger partial charge is 0.444 e. The summed E-state index contributed by atoms with van der Waals surface area (Å²) >= 11 is 0. The van der Waals surface area contributed by atoms with Crippen LogP contribution in [0.2, 0.25) is 0 Å². The lowest BCUT2D eigenvalue weighted by Gasteiger charge is -2.29. The normalized spacial score (nSPS) is 18.7. The fraction of sp³-hybridized carbons (Fsp3) is 0.588. The van der Waals surface area contributed by atoms with Gasteiger partial charge in [0.05, 0.1) is 4.90 Å². The average Bonchev–Trinajstić information content (AvgIpc) is 2.86. The van der Waals surface area contributed by atoms with Gasteiger partial charge in [-0.1, -0.05) is 6.07 Å². The van der Waals surface area contributed by atoms with Gasteiger partial charge in [0.1, 0.15) is 5.60 Å². The Balaban J connectivity index is 2.19. The molecule has 1 N–H and O–H groups in total. The molecule has 0 bridgehead atoms. The molecule has 7 heteroatoms. The van der Waals surface area contributed by atoms with Crippen LogP contribution in [0.4, 0.5) is 4.79 Å². The third-order valence-corrected chi connectivity index (χ3v) is 4.93. The van der Waals surface area contributed by atoms with Crippen LogP contribution in [0, 0.1) is 6.92 Å². The van der Waals surface area contributed by atoms with Crippen LogP contribution in [0.15, 0.2) is 23.1 Å². The minimum Gasteiger partial charge on any atom is -0.444 e. The summed E-state index contributed by atoms with van der Waals surface area (Å²) in [6.07, 6.45) is 1.93. The number of amides is 1. The van der Waals surface area contributed by atoms with E-state index in [0.29, 0.717) is 13.0 Å². The Morgan fingerprint density at radius 1 is 1.38 bits per heavy atom. The van der Waals surface area contributed by atoms with Gasteiger partial charge in [-0.25, -0.2) is 4.79 Å². The molecule has 134 valence electrons. The maximum Gasteiger partial charge on any atom is 0.410 e. The van der Waals surface area contributed by atoms with Crippen molar-refractivity contribution in [3.63, 3.8) is 0 Å². The second-order valence-electron chi connectivity index (χ2n) is 7.24. The van der Waals surface area contributed by atoms with E-state index in [9.17, 15) is 17.8 Å². The fourth-order valence-electron chi connectivity index (χ4n) is 2.89. The number of hydrogen-bond acceptors (Lipinski definition) is 4. The first-order valence-corrected chi connectivity index (χ1v) is 9.48. The van der Waals surface area contributed by atoms with Crippen LogP contribution in [0.1, 0.15) is 44.7 Å². The van der Waals surface area contributed by atoms with Gasteiger partial charge in [-0.05, 0) is 70.2 Å². The van der Waals surface area contributed by atoms with E-state index in [1.165, 1.54) is 12.1 Å². The summed E-state index contributed by atoms with van der Waals surface area (Å²) < 4.78 is 37.3. The van der Waals surface area contributed by atoms with Crippen LogP contribution in [0.5, 0.6) is 0 Å². The highest BCUT2D eigenvalue weighted by Crippen LogP contribution is 2.26. The summed E-state index contributed by atoms with van der Waals surface area (Å²) in [5, 5.41) is 0. The van der Waals surface area contributed by atoms with E-state index >= 15 is 0 Å². The van der Waals surface area contributed by atoms with E-state index in [0.717, 1.165) is 24.0 Å². The van der Waals surface area contributed by atoms with Gasteiger partial charge in [0, 0.05) is 12.6 Å². The van der Waals surface area contributed by atoms with Crippen molar-refractivity contribution in [2.75, 3.05) is 6.54 Å². The third kappa shape index (κ3) is 4.70. The van der Waals surface area contributed by atoms with Crippen LogP contribution in [0.3, 0.4) is 0 Å². The Morgan fingerprint density at radius 2 is 2.04 bits per heavy atom. The van der Waals surface area contributed by atoms with E-state index in [4.69, 9.17) is 4.74 Å². The lowest BCUT2D eigenvalue weighted by atomic mass is 10.00. The number of carbonyl (C=O) groups is 1. The van der Waals surface area contributed by atoms with E-state index in [1.807, 2.05) is 27.7 Å². The molecule has 24 heavy (non-hydrogen) atoms. The third-order valence-electron chi connectivity index (χ3n) is 4.08. The van der Waals surface area contributed by atoms with Crippen molar-refractivity contribution in [3.8, 4) is 0 Å². The van der Waals surface area contributed by atoms with Gasteiger partial charge in [-0.15, -0.1) is 0 Å². The molecule has 1 aromatic carbocycles. The molecule has 2 rings (SSSR count). The van der Waals surface area contributed by atoms with Crippen LogP contribution < -0.4 is 0 Å². The molecule has 1 aliphatic rings. The summed E-state index contributed by atoms with van der Waals surface area (Å²) in [6, 6.07) is 4.51. The molecule has 0 aromatic heterocycles. The zero-order valence-corrected chi connectivity index (χ0v) is 15.4. The van der Waals surface area contributed by atoms with Gasteiger partial charge in [-0.3, -0.25) is 4.55 Å². The molecule has 0 aliphatic carbocycles. The van der Waals surface area contributed by atoms with Gasteiger partial charge in [0.15, 0.2) is 0 Å². The molecule has 1 saturated heterocycles. The fourth-order valence-corrected chi connectivity index (χ4v) is 3.42. The highest BCUT2D eigenvalue weighted by atomic mass is 32.2. The van der Waals surface area contributed by atoms with Crippen LogP contribution in [-0.2, 0) is 21.3 Å². The Kier molecular flexibility index (Phi) is 5.25. The topological polar surface area (TPSA) is 83.9 Å². The van der Waals surface area contributed by atoms with Gasteiger partial charge in [-0.2, -0.15) is 8.42 Å². The predicted molar refractivity (Wildman–Crippen MR) is 90.7 cm³/mol. The first-order chi connectivity index (χ1) is 11.0. The number of aryl methyl sites for hydroxylation is 1. The molecule has 0 spiro atoms. The Bertz CT molecular complexity index is 721. The number of ether oxygens (including phenoxy) is 1. The molecule has 1 amide bonds. The number of hydrogen-bond donors (Lipinski definition) is 1. The summed E-state index contributed by atoms with van der Waals surface area (Å²) in [5.74, 6) is 0. The van der Waals surface area contributed by atoms with Crippen LogP contribution in [0.25, 0.3) is 0 Å². The van der Waals surface area contributed by atoms with Crippen LogP contribution >= 0.6 is 0 Å². The van der Waals surface area contributed by atoms with Crippen molar-refractivity contribution in [3.05, 3.63) is 29.3 Å². The molecule has 1 aliphatic heterocycles. The monoisotopic (exact) mass is 355 g/mol. The van der Waals surface area contributed by atoms with Gasteiger partial charge in [0.25, 0.3) is 10.1 Å². The number of nitrogens with zero attached hydrogens (tertiary/aromatic N) is 1. The van der Waals surface area contributed by atoms with Crippen molar-refractivity contribution < 1.29 is 22.5 Å². The summed E-state index contributed by atoms with van der Waals surface area (Å²) in [5.41, 5.74) is 1.19. The van der Waals surface area contributed by atoms with E-state index in [2.05, 4.69) is 0 Å². The maximum atomic E-state index is 12.3. The quantitative estimate of drug-likeness (QED) is 0.842. The smallest absolute Gasteiger partial charge is 0.410 e. The first kappa shape index (κ1) is 18.7. The second kappa shape index (κ2) is 6.72. The van der Waals surface area contributed by atoms with Gasteiger partial charge < -0.3 is 9.64 Å². The highest BCUT2D eigenvalue weighted by Gasteiger charge is 2.32. The van der Waals surface area contributed by atoms with Crippen molar-refractivity contribution in [1.82, 2.24) is 4.90 Å².